The second-order valence-corrected chi connectivity index (χ2v) is 8.11. The van der Waals surface area contributed by atoms with Gasteiger partial charge in [-0.2, -0.15) is 5.10 Å². The van der Waals surface area contributed by atoms with Gasteiger partial charge in [0.1, 0.15) is 0 Å². The first kappa shape index (κ1) is 17.4. The zero-order valence-electron chi connectivity index (χ0n) is 13.6. The van der Waals surface area contributed by atoms with E-state index in [0.717, 1.165) is 0 Å². The van der Waals surface area contributed by atoms with Gasteiger partial charge < -0.3 is 9.64 Å². The van der Waals surface area contributed by atoms with Crippen molar-refractivity contribution in [3.8, 4) is 5.75 Å². The number of amides is 1. The van der Waals surface area contributed by atoms with Gasteiger partial charge in [-0.25, -0.2) is 12.8 Å². The Labute approximate surface area is 144 Å². The van der Waals surface area contributed by atoms with E-state index in [9.17, 15) is 17.6 Å². The van der Waals surface area contributed by atoms with E-state index in [2.05, 4.69) is 5.10 Å². The van der Waals surface area contributed by atoms with E-state index in [-0.39, 0.29) is 30.4 Å². The topological polar surface area (TPSA) is 81.5 Å². The van der Waals surface area contributed by atoms with Gasteiger partial charge in [0.2, 0.25) is 0 Å². The Morgan fingerprint density at radius 1 is 1.40 bits per heavy atom. The van der Waals surface area contributed by atoms with Crippen LogP contribution in [0.15, 0.2) is 36.7 Å². The molecule has 0 bridgehead atoms. The zero-order chi connectivity index (χ0) is 18.0. The van der Waals surface area contributed by atoms with Crippen molar-refractivity contribution in [2.45, 2.75) is 6.04 Å². The van der Waals surface area contributed by atoms with Crippen LogP contribution in [0.4, 0.5) is 4.39 Å². The van der Waals surface area contributed by atoms with Gasteiger partial charge in [-0.05, 0) is 12.1 Å². The number of halogens is 1. The number of para-hydroxylation sites is 1. The summed E-state index contributed by atoms with van der Waals surface area (Å²) in [5.74, 6) is -1.23. The van der Waals surface area contributed by atoms with Crippen molar-refractivity contribution < 1.29 is 22.3 Å². The smallest absolute Gasteiger partial charge is 0.261 e. The second kappa shape index (κ2) is 6.83. The van der Waals surface area contributed by atoms with Gasteiger partial charge in [0, 0.05) is 25.4 Å². The molecule has 25 heavy (non-hydrogen) atoms. The molecule has 1 fully saturated rings. The van der Waals surface area contributed by atoms with E-state index in [1.54, 1.807) is 30.2 Å². The lowest BCUT2D eigenvalue weighted by molar-refractivity contribution is -0.135. The van der Waals surface area contributed by atoms with Crippen molar-refractivity contribution in [3.63, 3.8) is 0 Å². The molecule has 1 aliphatic heterocycles. The second-order valence-electron chi connectivity index (χ2n) is 5.88. The molecule has 7 nitrogen and oxygen atoms in total. The summed E-state index contributed by atoms with van der Waals surface area (Å²) in [5, 5.41) is 4.04. The molecule has 0 saturated carbocycles. The Bertz CT molecular complexity index is 881. The summed E-state index contributed by atoms with van der Waals surface area (Å²) in [6.45, 7) is -0.293. The van der Waals surface area contributed by atoms with Crippen molar-refractivity contribution in [1.29, 1.82) is 0 Å². The number of rotatable bonds is 4. The predicted molar refractivity (Wildman–Crippen MR) is 88.2 cm³/mol. The lowest BCUT2D eigenvalue weighted by Crippen LogP contribution is -2.47. The molecule has 0 spiro atoms. The molecule has 2 heterocycles. The van der Waals surface area contributed by atoms with Crippen molar-refractivity contribution in [3.05, 3.63) is 48.0 Å². The first-order valence-corrected chi connectivity index (χ1v) is 9.53. The monoisotopic (exact) mass is 367 g/mol. The number of carbonyl (C=O) groups is 1. The molecule has 0 N–H and O–H groups in total. The van der Waals surface area contributed by atoms with Gasteiger partial charge in [-0.15, -0.1) is 0 Å². The highest BCUT2D eigenvalue weighted by Gasteiger charge is 2.35. The summed E-state index contributed by atoms with van der Waals surface area (Å²) >= 11 is 0. The Morgan fingerprint density at radius 2 is 2.16 bits per heavy atom. The third-order valence-electron chi connectivity index (χ3n) is 4.05. The molecule has 1 aliphatic rings. The standard InChI is InChI=1S/C16H18FN3O4S/c1-19-9-12(8-18-19)14-11-25(22,23)7-6-20(14)16(21)10-24-15-5-3-2-4-13(15)17/h2-5,8-9,14H,6-7,10-11H2,1H3. The number of aromatic nitrogens is 2. The summed E-state index contributed by atoms with van der Waals surface area (Å²) < 4.78 is 44.4. The Morgan fingerprint density at radius 3 is 2.84 bits per heavy atom. The van der Waals surface area contributed by atoms with Crippen LogP contribution in [-0.2, 0) is 21.7 Å². The van der Waals surface area contributed by atoms with Crippen LogP contribution in [0, 0.1) is 5.82 Å². The van der Waals surface area contributed by atoms with Crippen LogP contribution >= 0.6 is 0 Å². The molecule has 134 valence electrons. The van der Waals surface area contributed by atoms with E-state index in [0.29, 0.717) is 5.56 Å². The van der Waals surface area contributed by atoms with Crippen LogP contribution in [0.3, 0.4) is 0 Å². The molecule has 1 atom stereocenters. The van der Waals surface area contributed by atoms with Crippen molar-refractivity contribution in [2.75, 3.05) is 24.7 Å². The number of benzene rings is 1. The van der Waals surface area contributed by atoms with Crippen LogP contribution in [0.25, 0.3) is 0 Å². The van der Waals surface area contributed by atoms with Crippen LogP contribution < -0.4 is 4.74 Å². The summed E-state index contributed by atoms with van der Waals surface area (Å²) in [6, 6.07) is 5.18. The summed E-state index contributed by atoms with van der Waals surface area (Å²) in [4.78, 5) is 14.0. The normalized spacial score (nSPS) is 19.6. The minimum atomic E-state index is -3.24. The summed E-state index contributed by atoms with van der Waals surface area (Å²) in [5.41, 5.74) is 0.644. The molecule has 3 rings (SSSR count). The minimum absolute atomic E-state index is 0.0154. The zero-order valence-corrected chi connectivity index (χ0v) is 14.4. The average Bonchev–Trinajstić information content (AvgIpc) is 2.99. The number of hydrogen-bond acceptors (Lipinski definition) is 5. The van der Waals surface area contributed by atoms with E-state index >= 15 is 0 Å². The number of nitrogens with zero attached hydrogens (tertiary/aromatic N) is 3. The Hall–Kier alpha value is -2.42. The number of hydrogen-bond donors (Lipinski definition) is 0. The predicted octanol–water partition coefficient (Wildman–Crippen LogP) is 0.936. The molecule has 0 radical (unpaired) electrons. The number of ether oxygens (including phenoxy) is 1. The maximum absolute atomic E-state index is 13.6. The quantitative estimate of drug-likeness (QED) is 0.803. The van der Waals surface area contributed by atoms with Gasteiger partial charge in [0.05, 0.1) is 23.7 Å². The van der Waals surface area contributed by atoms with Crippen LogP contribution in [-0.4, -0.2) is 53.7 Å². The molecule has 9 heteroatoms. The summed E-state index contributed by atoms with van der Waals surface area (Å²) in [7, 11) is -1.53. The first-order valence-electron chi connectivity index (χ1n) is 7.71. The highest BCUT2D eigenvalue weighted by molar-refractivity contribution is 7.91. The highest BCUT2D eigenvalue weighted by Crippen LogP contribution is 2.27. The van der Waals surface area contributed by atoms with Gasteiger partial charge in [0.15, 0.2) is 28.0 Å². The highest BCUT2D eigenvalue weighted by atomic mass is 32.2. The SMILES string of the molecule is Cn1cc(C2CS(=O)(=O)CCN2C(=O)COc2ccccc2F)cn1. The number of aryl methyl sites for hydroxylation is 1. The van der Waals surface area contributed by atoms with Crippen LogP contribution in [0.1, 0.15) is 11.6 Å². The van der Waals surface area contributed by atoms with Crippen molar-refractivity contribution >= 4 is 15.7 Å². The first-order chi connectivity index (χ1) is 11.9. The summed E-state index contributed by atoms with van der Waals surface area (Å²) in [6.07, 6.45) is 3.23. The van der Waals surface area contributed by atoms with Gasteiger partial charge in [-0.3, -0.25) is 9.48 Å². The third-order valence-corrected chi connectivity index (χ3v) is 5.68. The molecular weight excluding hydrogens is 349 g/mol. The lowest BCUT2D eigenvalue weighted by Gasteiger charge is -2.34. The molecule has 0 aliphatic carbocycles. The van der Waals surface area contributed by atoms with Crippen LogP contribution in [0.5, 0.6) is 5.75 Å². The van der Waals surface area contributed by atoms with Gasteiger partial charge in [-0.1, -0.05) is 12.1 Å². The van der Waals surface area contributed by atoms with Gasteiger partial charge >= 0.3 is 0 Å². The van der Waals surface area contributed by atoms with E-state index < -0.39 is 27.6 Å². The Balaban J connectivity index is 1.76. The third kappa shape index (κ3) is 3.98. The molecule has 1 amide bonds. The largest absolute Gasteiger partial charge is 0.481 e. The molecule has 1 aromatic heterocycles. The van der Waals surface area contributed by atoms with Gasteiger partial charge in [0.25, 0.3) is 5.91 Å². The van der Waals surface area contributed by atoms with E-state index in [1.165, 1.54) is 23.1 Å². The maximum atomic E-state index is 13.6. The minimum Gasteiger partial charge on any atom is -0.481 e. The van der Waals surface area contributed by atoms with Crippen LogP contribution in [0.2, 0.25) is 0 Å². The van der Waals surface area contributed by atoms with Crippen molar-refractivity contribution in [2.24, 2.45) is 7.05 Å². The fourth-order valence-electron chi connectivity index (χ4n) is 2.78. The molecular formula is C16H18FN3O4S. The molecule has 1 saturated heterocycles. The maximum Gasteiger partial charge on any atom is 0.261 e. The fraction of sp³-hybridized carbons (Fsp3) is 0.375. The number of sulfone groups is 1. The van der Waals surface area contributed by atoms with E-state index in [1.807, 2.05) is 0 Å². The Kier molecular flexibility index (Phi) is 4.76. The molecule has 1 aromatic carbocycles. The van der Waals surface area contributed by atoms with E-state index in [4.69, 9.17) is 4.74 Å². The van der Waals surface area contributed by atoms with Crippen molar-refractivity contribution in [1.82, 2.24) is 14.7 Å². The fourth-order valence-corrected chi connectivity index (χ4v) is 4.27. The molecule has 2 aromatic rings. The average molecular weight is 367 g/mol. The lowest BCUT2D eigenvalue weighted by atomic mass is 10.1. The number of carbonyl (C=O) groups excluding carboxylic acids is 1. The molecule has 1 unspecified atom stereocenters.